The van der Waals surface area contributed by atoms with E-state index in [2.05, 4.69) is 14.2 Å². The van der Waals surface area contributed by atoms with Crippen LogP contribution in [0.5, 0.6) is 0 Å². The fourth-order valence-electron chi connectivity index (χ4n) is 1.35. The molecule has 0 spiro atoms. The second kappa shape index (κ2) is 6.23. The van der Waals surface area contributed by atoms with Crippen molar-refractivity contribution in [2.45, 2.75) is 19.9 Å². The number of rotatable bonds is 5. The van der Waals surface area contributed by atoms with Crippen LogP contribution in [0, 0.1) is 0 Å². The minimum Gasteiger partial charge on any atom is -0.465 e. The third-order valence-corrected chi connectivity index (χ3v) is 3.63. The zero-order chi connectivity index (χ0) is 14.6. The van der Waals surface area contributed by atoms with E-state index in [4.69, 9.17) is 11.6 Å². The van der Waals surface area contributed by atoms with Gasteiger partial charge in [-0.15, -0.1) is 0 Å². The molecule has 2 N–H and O–H groups in total. The molecule has 0 saturated carbocycles. The zero-order valence-electron chi connectivity index (χ0n) is 10.7. The highest BCUT2D eigenvalue weighted by Crippen LogP contribution is 2.21. The van der Waals surface area contributed by atoms with E-state index in [1.165, 1.54) is 25.3 Å². The molecule has 0 aliphatic heterocycles. The molecule has 6 nitrogen and oxygen atoms in total. The Hall–Kier alpha value is -1.31. The molecule has 0 bridgehead atoms. The Kier molecular flexibility index (Phi) is 5.16. The van der Waals surface area contributed by atoms with Gasteiger partial charge in [-0.3, -0.25) is 4.72 Å². The quantitative estimate of drug-likeness (QED) is 0.812. The molecule has 0 heterocycles. The second-order valence-corrected chi connectivity index (χ2v) is 5.92. The lowest BCUT2D eigenvalue weighted by atomic mass is 10.2. The number of benzene rings is 1. The summed E-state index contributed by atoms with van der Waals surface area (Å²) in [6, 6.07) is 3.94. The summed E-state index contributed by atoms with van der Waals surface area (Å²) >= 11 is 5.83. The lowest BCUT2D eigenvalue weighted by molar-refractivity contribution is 0.0601. The number of anilines is 1. The van der Waals surface area contributed by atoms with Gasteiger partial charge in [0.05, 0.1) is 23.4 Å². The van der Waals surface area contributed by atoms with Crippen molar-refractivity contribution in [2.75, 3.05) is 11.8 Å². The van der Waals surface area contributed by atoms with Crippen LogP contribution in [0.4, 0.5) is 5.69 Å². The summed E-state index contributed by atoms with van der Waals surface area (Å²) < 4.78 is 32.5. The SMILES string of the molecule is COC(=O)c1cc(NS(=O)(=O)NC(C)C)ccc1Cl. The number of hydrogen-bond acceptors (Lipinski definition) is 4. The number of halogens is 1. The maximum atomic E-state index is 11.7. The van der Waals surface area contributed by atoms with Gasteiger partial charge in [0.15, 0.2) is 0 Å². The third-order valence-electron chi connectivity index (χ3n) is 2.01. The molecule has 0 fully saturated rings. The third kappa shape index (κ3) is 4.70. The maximum Gasteiger partial charge on any atom is 0.339 e. The van der Waals surface area contributed by atoms with Gasteiger partial charge in [0.25, 0.3) is 10.2 Å². The fourth-order valence-corrected chi connectivity index (χ4v) is 2.66. The van der Waals surface area contributed by atoms with Crippen molar-refractivity contribution in [3.63, 3.8) is 0 Å². The summed E-state index contributed by atoms with van der Waals surface area (Å²) in [6.45, 7) is 3.39. The van der Waals surface area contributed by atoms with Crippen LogP contribution in [0.2, 0.25) is 5.02 Å². The Bertz CT molecular complexity index is 572. The van der Waals surface area contributed by atoms with Gasteiger partial charge in [-0.25, -0.2) is 4.79 Å². The molecular weight excluding hydrogens is 292 g/mol. The van der Waals surface area contributed by atoms with E-state index in [1.807, 2.05) is 0 Å². The van der Waals surface area contributed by atoms with Gasteiger partial charge in [0.2, 0.25) is 0 Å². The molecule has 8 heteroatoms. The molecule has 0 saturated heterocycles. The maximum absolute atomic E-state index is 11.7. The van der Waals surface area contributed by atoms with E-state index in [-0.39, 0.29) is 22.3 Å². The molecule has 0 radical (unpaired) electrons. The van der Waals surface area contributed by atoms with Gasteiger partial charge in [-0.05, 0) is 32.0 Å². The predicted molar refractivity (Wildman–Crippen MR) is 73.6 cm³/mol. The summed E-state index contributed by atoms with van der Waals surface area (Å²) in [5, 5.41) is 0.187. The van der Waals surface area contributed by atoms with Crippen LogP contribution in [0.15, 0.2) is 18.2 Å². The molecule has 1 aromatic rings. The molecule has 0 amide bonds. The van der Waals surface area contributed by atoms with E-state index in [9.17, 15) is 13.2 Å². The monoisotopic (exact) mass is 306 g/mol. The molecule has 1 aromatic carbocycles. The van der Waals surface area contributed by atoms with Crippen molar-refractivity contribution < 1.29 is 17.9 Å². The molecule has 0 aromatic heterocycles. The molecule has 0 unspecified atom stereocenters. The predicted octanol–water partition coefficient (Wildman–Crippen LogP) is 1.78. The molecule has 19 heavy (non-hydrogen) atoms. The van der Waals surface area contributed by atoms with Crippen LogP contribution in [0.1, 0.15) is 24.2 Å². The van der Waals surface area contributed by atoms with Gasteiger partial charge in [0.1, 0.15) is 0 Å². The minimum absolute atomic E-state index is 0.0916. The summed E-state index contributed by atoms with van der Waals surface area (Å²) in [4.78, 5) is 11.4. The number of methoxy groups -OCH3 is 1. The smallest absolute Gasteiger partial charge is 0.339 e. The van der Waals surface area contributed by atoms with Gasteiger partial charge in [0, 0.05) is 6.04 Å². The van der Waals surface area contributed by atoms with E-state index in [0.717, 1.165) is 0 Å². The van der Waals surface area contributed by atoms with Crippen molar-refractivity contribution in [1.29, 1.82) is 0 Å². The van der Waals surface area contributed by atoms with Crippen molar-refractivity contribution in [3.05, 3.63) is 28.8 Å². The number of esters is 1. The van der Waals surface area contributed by atoms with Crippen LogP contribution >= 0.6 is 11.6 Å². The van der Waals surface area contributed by atoms with Crippen LogP contribution in [0.3, 0.4) is 0 Å². The summed E-state index contributed by atoms with van der Waals surface area (Å²) in [6.07, 6.45) is 0. The highest BCUT2D eigenvalue weighted by atomic mass is 35.5. The van der Waals surface area contributed by atoms with Gasteiger partial charge in [-0.1, -0.05) is 11.6 Å². The first kappa shape index (κ1) is 15.7. The summed E-state index contributed by atoms with van der Waals surface area (Å²) in [7, 11) is -2.47. The standard InChI is InChI=1S/C11H15ClN2O4S/c1-7(2)13-19(16,17)14-8-4-5-10(12)9(6-8)11(15)18-3/h4-7,13-14H,1-3H3. The Labute approximate surface area is 117 Å². The number of nitrogens with one attached hydrogen (secondary N) is 2. The number of hydrogen-bond donors (Lipinski definition) is 2. The van der Waals surface area contributed by atoms with Crippen molar-refractivity contribution in [2.24, 2.45) is 0 Å². The van der Waals surface area contributed by atoms with Crippen molar-refractivity contribution in [1.82, 2.24) is 4.72 Å². The Balaban J connectivity index is 3.01. The Morgan fingerprint density at radius 2 is 2.00 bits per heavy atom. The van der Waals surface area contributed by atoms with Gasteiger partial charge < -0.3 is 4.74 Å². The molecule has 0 atom stereocenters. The largest absolute Gasteiger partial charge is 0.465 e. The number of carbonyl (C=O) groups is 1. The number of ether oxygens (including phenoxy) is 1. The second-order valence-electron chi connectivity index (χ2n) is 4.06. The van der Waals surface area contributed by atoms with Crippen LogP contribution in [-0.4, -0.2) is 27.5 Å². The minimum atomic E-state index is -3.69. The van der Waals surface area contributed by atoms with E-state index in [1.54, 1.807) is 13.8 Å². The Morgan fingerprint density at radius 3 is 2.53 bits per heavy atom. The molecule has 0 aliphatic carbocycles. The molecule has 1 rings (SSSR count). The average molecular weight is 307 g/mol. The topological polar surface area (TPSA) is 84.5 Å². The highest BCUT2D eigenvalue weighted by molar-refractivity contribution is 7.90. The molecular formula is C11H15ClN2O4S. The average Bonchev–Trinajstić information content (AvgIpc) is 2.28. The van der Waals surface area contributed by atoms with E-state index >= 15 is 0 Å². The summed E-state index contributed by atoms with van der Waals surface area (Å²) in [5.41, 5.74) is 0.312. The van der Waals surface area contributed by atoms with Crippen LogP contribution in [-0.2, 0) is 14.9 Å². The first-order valence-electron chi connectivity index (χ1n) is 5.43. The lowest BCUT2D eigenvalue weighted by Gasteiger charge is -2.12. The zero-order valence-corrected chi connectivity index (χ0v) is 12.3. The summed E-state index contributed by atoms with van der Waals surface area (Å²) in [5.74, 6) is -0.636. The van der Waals surface area contributed by atoms with Gasteiger partial charge in [-0.2, -0.15) is 13.1 Å². The van der Waals surface area contributed by atoms with Crippen LogP contribution < -0.4 is 9.44 Å². The van der Waals surface area contributed by atoms with Crippen molar-refractivity contribution in [3.8, 4) is 0 Å². The Morgan fingerprint density at radius 1 is 1.37 bits per heavy atom. The highest BCUT2D eigenvalue weighted by Gasteiger charge is 2.15. The lowest BCUT2D eigenvalue weighted by Crippen LogP contribution is -2.35. The van der Waals surface area contributed by atoms with Crippen molar-refractivity contribution >= 4 is 33.5 Å². The first-order chi connectivity index (χ1) is 8.75. The van der Waals surface area contributed by atoms with Gasteiger partial charge >= 0.3 is 5.97 Å². The first-order valence-corrected chi connectivity index (χ1v) is 7.29. The van der Waals surface area contributed by atoms with E-state index in [0.29, 0.717) is 0 Å². The van der Waals surface area contributed by atoms with Crippen LogP contribution in [0.25, 0.3) is 0 Å². The van der Waals surface area contributed by atoms with E-state index < -0.39 is 16.2 Å². The molecule has 0 aliphatic rings. The molecule has 106 valence electrons. The fraction of sp³-hybridized carbons (Fsp3) is 0.364. The number of carbonyl (C=O) groups excluding carboxylic acids is 1. The normalized spacial score (nSPS) is 11.4.